The summed E-state index contributed by atoms with van der Waals surface area (Å²) in [7, 11) is 1.70. The highest BCUT2D eigenvalue weighted by molar-refractivity contribution is 7.12. The van der Waals surface area contributed by atoms with E-state index in [2.05, 4.69) is 9.98 Å². The number of nitrogens with zero attached hydrogens (tertiary/aromatic N) is 2. The molecule has 0 N–H and O–H groups in total. The molecule has 2 heterocycles. The molecule has 1 aliphatic heterocycles. The molecule has 0 radical (unpaired) electrons. The van der Waals surface area contributed by atoms with Gasteiger partial charge in [-0.05, 0) is 6.92 Å². The standard InChI is InChI=1S/C8H10N2OS/c1-5-8-7(10-4-12-8)6(11-2)3-9-5/h4,6H,3H2,1-2H3. The number of hydrogen-bond donors (Lipinski definition) is 0. The average Bonchev–Trinajstić information content (AvgIpc) is 2.54. The van der Waals surface area contributed by atoms with Crippen molar-refractivity contribution in [2.45, 2.75) is 13.0 Å². The summed E-state index contributed by atoms with van der Waals surface area (Å²) < 4.78 is 5.26. The van der Waals surface area contributed by atoms with Crippen LogP contribution in [-0.4, -0.2) is 24.4 Å². The first-order chi connectivity index (χ1) is 5.83. The van der Waals surface area contributed by atoms with Crippen molar-refractivity contribution in [2.75, 3.05) is 13.7 Å². The summed E-state index contributed by atoms with van der Waals surface area (Å²) in [5, 5.41) is 0. The van der Waals surface area contributed by atoms with Crippen LogP contribution < -0.4 is 0 Å². The first kappa shape index (κ1) is 7.89. The molecule has 2 rings (SSSR count). The van der Waals surface area contributed by atoms with Crippen LogP contribution in [0.15, 0.2) is 10.5 Å². The lowest BCUT2D eigenvalue weighted by atomic mass is 10.1. The van der Waals surface area contributed by atoms with Gasteiger partial charge in [0.05, 0.1) is 28.3 Å². The van der Waals surface area contributed by atoms with E-state index in [1.807, 2.05) is 12.4 Å². The van der Waals surface area contributed by atoms with Gasteiger partial charge in [0, 0.05) is 7.11 Å². The average molecular weight is 182 g/mol. The monoisotopic (exact) mass is 182 g/mol. The SMILES string of the molecule is COC1CN=C(C)c2scnc21. The zero-order chi connectivity index (χ0) is 8.55. The number of fused-ring (bicyclic) bond motifs is 1. The fraction of sp³-hybridized carbons (Fsp3) is 0.500. The molecule has 64 valence electrons. The van der Waals surface area contributed by atoms with Crippen molar-refractivity contribution in [2.24, 2.45) is 4.99 Å². The molecular formula is C8H10N2OS. The summed E-state index contributed by atoms with van der Waals surface area (Å²) in [6.07, 6.45) is 0.0648. The maximum Gasteiger partial charge on any atom is 0.120 e. The minimum absolute atomic E-state index is 0.0648. The number of ether oxygens (including phenoxy) is 1. The quantitative estimate of drug-likeness (QED) is 0.662. The van der Waals surface area contributed by atoms with E-state index in [1.54, 1.807) is 18.4 Å². The molecular weight excluding hydrogens is 172 g/mol. The fourth-order valence-corrected chi connectivity index (χ4v) is 2.13. The van der Waals surface area contributed by atoms with Gasteiger partial charge < -0.3 is 4.74 Å². The molecule has 0 amide bonds. The van der Waals surface area contributed by atoms with Crippen LogP contribution in [0.1, 0.15) is 23.6 Å². The third-order valence-corrected chi connectivity index (χ3v) is 2.96. The Balaban J connectivity index is 2.45. The highest BCUT2D eigenvalue weighted by Crippen LogP contribution is 2.27. The molecule has 1 unspecified atom stereocenters. The molecule has 4 heteroatoms. The van der Waals surface area contributed by atoms with Gasteiger partial charge in [0.2, 0.25) is 0 Å². The predicted octanol–water partition coefficient (Wildman–Crippen LogP) is 1.65. The topological polar surface area (TPSA) is 34.5 Å². The first-order valence-corrected chi connectivity index (χ1v) is 4.68. The van der Waals surface area contributed by atoms with E-state index in [1.165, 1.54) is 4.88 Å². The molecule has 1 aromatic heterocycles. The summed E-state index contributed by atoms with van der Waals surface area (Å²) >= 11 is 1.63. The summed E-state index contributed by atoms with van der Waals surface area (Å²) in [6.45, 7) is 2.72. The fourth-order valence-electron chi connectivity index (χ4n) is 1.32. The Labute approximate surface area is 75.1 Å². The van der Waals surface area contributed by atoms with E-state index in [9.17, 15) is 0 Å². The Morgan fingerprint density at radius 2 is 2.50 bits per heavy atom. The number of aromatic nitrogens is 1. The van der Waals surface area contributed by atoms with Crippen molar-refractivity contribution in [3.8, 4) is 0 Å². The van der Waals surface area contributed by atoms with Gasteiger partial charge in [-0.15, -0.1) is 11.3 Å². The molecule has 3 nitrogen and oxygen atoms in total. The van der Waals surface area contributed by atoms with E-state index in [4.69, 9.17) is 4.74 Å². The van der Waals surface area contributed by atoms with E-state index in [0.717, 1.165) is 11.4 Å². The van der Waals surface area contributed by atoms with E-state index < -0.39 is 0 Å². The van der Waals surface area contributed by atoms with Gasteiger partial charge in [0.15, 0.2) is 0 Å². The first-order valence-electron chi connectivity index (χ1n) is 3.80. The van der Waals surface area contributed by atoms with Gasteiger partial charge in [0.25, 0.3) is 0 Å². The van der Waals surface area contributed by atoms with Crippen LogP contribution in [-0.2, 0) is 4.74 Å². The van der Waals surface area contributed by atoms with Crippen LogP contribution in [0, 0.1) is 0 Å². The largest absolute Gasteiger partial charge is 0.373 e. The van der Waals surface area contributed by atoms with Crippen LogP contribution >= 0.6 is 11.3 Å². The summed E-state index contributed by atoms with van der Waals surface area (Å²) in [6, 6.07) is 0. The van der Waals surface area contributed by atoms with Gasteiger partial charge in [-0.25, -0.2) is 4.98 Å². The zero-order valence-corrected chi connectivity index (χ0v) is 7.89. The highest BCUT2D eigenvalue weighted by Gasteiger charge is 2.22. The van der Waals surface area contributed by atoms with E-state index in [0.29, 0.717) is 6.54 Å². The molecule has 1 aliphatic rings. The van der Waals surface area contributed by atoms with Crippen molar-refractivity contribution < 1.29 is 4.74 Å². The van der Waals surface area contributed by atoms with Crippen molar-refractivity contribution >= 4 is 17.0 Å². The number of thiazole rings is 1. The Bertz CT molecular complexity index is 319. The van der Waals surface area contributed by atoms with Gasteiger partial charge in [-0.3, -0.25) is 4.99 Å². The smallest absolute Gasteiger partial charge is 0.120 e. The third-order valence-electron chi connectivity index (χ3n) is 2.01. The predicted molar refractivity (Wildman–Crippen MR) is 48.9 cm³/mol. The van der Waals surface area contributed by atoms with Crippen molar-refractivity contribution in [3.05, 3.63) is 16.1 Å². The van der Waals surface area contributed by atoms with Gasteiger partial charge in [-0.1, -0.05) is 0 Å². The second kappa shape index (κ2) is 2.95. The van der Waals surface area contributed by atoms with Gasteiger partial charge in [0.1, 0.15) is 6.10 Å². The van der Waals surface area contributed by atoms with Crippen LogP contribution in [0.2, 0.25) is 0 Å². The van der Waals surface area contributed by atoms with Crippen LogP contribution in [0.4, 0.5) is 0 Å². The van der Waals surface area contributed by atoms with E-state index >= 15 is 0 Å². The highest BCUT2D eigenvalue weighted by atomic mass is 32.1. The lowest BCUT2D eigenvalue weighted by Crippen LogP contribution is -2.15. The molecule has 12 heavy (non-hydrogen) atoms. The van der Waals surface area contributed by atoms with E-state index in [-0.39, 0.29) is 6.10 Å². The van der Waals surface area contributed by atoms with Crippen molar-refractivity contribution in [1.29, 1.82) is 0 Å². The summed E-state index contributed by atoms with van der Waals surface area (Å²) in [5.74, 6) is 0. The number of hydrogen-bond acceptors (Lipinski definition) is 4. The third kappa shape index (κ3) is 1.07. The second-order valence-corrected chi connectivity index (χ2v) is 3.57. The Morgan fingerprint density at radius 3 is 3.25 bits per heavy atom. The zero-order valence-electron chi connectivity index (χ0n) is 7.07. The van der Waals surface area contributed by atoms with Gasteiger partial charge in [-0.2, -0.15) is 0 Å². The molecule has 0 bridgehead atoms. The lowest BCUT2D eigenvalue weighted by Gasteiger charge is -2.17. The minimum atomic E-state index is 0.0648. The minimum Gasteiger partial charge on any atom is -0.373 e. The molecule has 0 aliphatic carbocycles. The number of methoxy groups -OCH3 is 1. The van der Waals surface area contributed by atoms with Crippen LogP contribution in [0.5, 0.6) is 0 Å². The second-order valence-electron chi connectivity index (χ2n) is 2.72. The molecule has 0 saturated heterocycles. The maximum atomic E-state index is 5.26. The number of rotatable bonds is 1. The van der Waals surface area contributed by atoms with Crippen molar-refractivity contribution in [1.82, 2.24) is 4.98 Å². The Kier molecular flexibility index (Phi) is 1.94. The van der Waals surface area contributed by atoms with Crippen molar-refractivity contribution in [3.63, 3.8) is 0 Å². The molecule has 1 aromatic rings. The molecule has 0 spiro atoms. The summed E-state index contributed by atoms with van der Waals surface area (Å²) in [4.78, 5) is 9.80. The Morgan fingerprint density at radius 1 is 1.67 bits per heavy atom. The van der Waals surface area contributed by atoms with Crippen LogP contribution in [0.3, 0.4) is 0 Å². The normalized spacial score (nSPS) is 21.8. The Hall–Kier alpha value is -0.740. The number of aliphatic imine (C=N–C) groups is 1. The molecule has 1 atom stereocenters. The van der Waals surface area contributed by atoms with Gasteiger partial charge >= 0.3 is 0 Å². The molecule has 0 aromatic carbocycles. The molecule has 0 saturated carbocycles. The molecule has 0 fully saturated rings. The maximum absolute atomic E-state index is 5.26. The van der Waals surface area contributed by atoms with Crippen LogP contribution in [0.25, 0.3) is 0 Å². The summed E-state index contributed by atoms with van der Waals surface area (Å²) in [5.41, 5.74) is 3.98. The lowest BCUT2D eigenvalue weighted by molar-refractivity contribution is 0.106.